The molecule has 1 amide bonds. The van der Waals surface area contributed by atoms with Gasteiger partial charge in [-0.2, -0.15) is 13.2 Å². The Kier molecular flexibility index (Phi) is 8.56. The number of likely N-dealkylation sites (N-methyl/N-ethyl adjacent to an activating group) is 1. The first-order chi connectivity index (χ1) is 20.4. The smallest absolute Gasteiger partial charge is 0.416 e. The highest BCUT2D eigenvalue weighted by Crippen LogP contribution is 2.37. The second-order valence-electron chi connectivity index (χ2n) is 10.5. The van der Waals surface area contributed by atoms with Crippen molar-refractivity contribution in [2.75, 3.05) is 43.1 Å². The summed E-state index contributed by atoms with van der Waals surface area (Å²) in [5, 5.41) is 8.93. The van der Waals surface area contributed by atoms with Crippen LogP contribution < -0.4 is 20.7 Å². The highest BCUT2D eigenvalue weighted by Gasteiger charge is 2.34. The Morgan fingerprint density at radius 1 is 1.07 bits per heavy atom. The molecule has 0 saturated carbocycles. The number of amides is 1. The summed E-state index contributed by atoms with van der Waals surface area (Å²) in [5.41, 5.74) is 0.512. The van der Waals surface area contributed by atoms with E-state index in [4.69, 9.17) is 4.74 Å². The van der Waals surface area contributed by atoms with Crippen molar-refractivity contribution in [2.45, 2.75) is 25.1 Å². The third-order valence-electron chi connectivity index (χ3n) is 6.97. The summed E-state index contributed by atoms with van der Waals surface area (Å²) < 4.78 is 47.5. The largest absolute Gasteiger partial charge is 0.438 e. The molecule has 3 heterocycles. The third kappa shape index (κ3) is 7.23. The Hall–Kier alpha value is -4.23. The van der Waals surface area contributed by atoms with Gasteiger partial charge in [0.2, 0.25) is 11.8 Å². The van der Waals surface area contributed by atoms with E-state index in [1.807, 2.05) is 14.0 Å². The maximum Gasteiger partial charge on any atom is 0.416 e. The standard InChI is InChI=1S/C30H29BrF3N7O2/c1-29(9-12-41(3)17-29)40-24-7-6-19(30(32,33)34)15-25(24)38-26(42)18-13-20(31)16-21(14-18)43-27-22(5-4-10-36-27)23-8-11-37-28(35-2)39-23/h4-8,10-11,13-16,40H,9,12,17H2,1-3H3,(H,38,42)(H,35,37,39)/t29-/m0/s1. The van der Waals surface area contributed by atoms with Gasteiger partial charge in [-0.3, -0.25) is 4.79 Å². The number of halogens is 4. The van der Waals surface area contributed by atoms with Gasteiger partial charge >= 0.3 is 6.18 Å². The van der Waals surface area contributed by atoms with Crippen molar-refractivity contribution in [1.29, 1.82) is 0 Å². The first-order valence-electron chi connectivity index (χ1n) is 13.4. The lowest BCUT2D eigenvalue weighted by Crippen LogP contribution is -2.37. The van der Waals surface area contributed by atoms with Gasteiger partial charge in [0.15, 0.2) is 0 Å². The molecule has 4 aromatic rings. The number of aromatic nitrogens is 3. The maximum absolute atomic E-state index is 13.6. The van der Waals surface area contributed by atoms with E-state index in [2.05, 4.69) is 51.7 Å². The Labute approximate surface area is 255 Å². The van der Waals surface area contributed by atoms with Crippen molar-refractivity contribution in [1.82, 2.24) is 19.9 Å². The van der Waals surface area contributed by atoms with Crippen molar-refractivity contribution in [3.8, 4) is 22.9 Å². The number of carbonyl (C=O) groups excluding carboxylic acids is 1. The van der Waals surface area contributed by atoms with Gasteiger partial charge in [0.25, 0.3) is 5.91 Å². The van der Waals surface area contributed by atoms with E-state index in [1.165, 1.54) is 12.1 Å². The Balaban J connectivity index is 1.43. The Morgan fingerprint density at radius 2 is 1.88 bits per heavy atom. The zero-order valence-electron chi connectivity index (χ0n) is 23.6. The van der Waals surface area contributed by atoms with Crippen LogP contribution in [0.1, 0.15) is 29.3 Å². The molecule has 3 N–H and O–H groups in total. The molecule has 0 spiro atoms. The molecular formula is C30H29BrF3N7O2. The van der Waals surface area contributed by atoms with Crippen LogP contribution in [0.15, 0.2) is 71.5 Å². The lowest BCUT2D eigenvalue weighted by molar-refractivity contribution is -0.137. The van der Waals surface area contributed by atoms with E-state index in [1.54, 1.807) is 49.8 Å². The number of anilines is 3. The molecule has 0 aliphatic carbocycles. The highest BCUT2D eigenvalue weighted by molar-refractivity contribution is 9.10. The number of likely N-dealkylation sites (tertiary alicyclic amines) is 1. The minimum Gasteiger partial charge on any atom is -0.438 e. The van der Waals surface area contributed by atoms with Gasteiger partial charge in [0.1, 0.15) is 5.75 Å². The number of ether oxygens (including phenoxy) is 1. The van der Waals surface area contributed by atoms with Crippen molar-refractivity contribution < 1.29 is 22.7 Å². The number of nitrogens with one attached hydrogen (secondary N) is 3. The number of rotatable bonds is 8. The minimum absolute atomic E-state index is 0.0224. The van der Waals surface area contributed by atoms with Crippen LogP contribution in [0, 0.1) is 0 Å². The first kappa shape index (κ1) is 30.2. The molecule has 1 fully saturated rings. The van der Waals surface area contributed by atoms with E-state index < -0.39 is 17.6 Å². The Bertz CT molecular complexity index is 1650. The van der Waals surface area contributed by atoms with Crippen LogP contribution in [0.3, 0.4) is 0 Å². The minimum atomic E-state index is -4.58. The average Bonchev–Trinajstić information content (AvgIpc) is 3.31. The topological polar surface area (TPSA) is 104 Å². The highest BCUT2D eigenvalue weighted by atomic mass is 79.9. The number of hydrogen-bond donors (Lipinski definition) is 3. The van der Waals surface area contributed by atoms with Gasteiger partial charge < -0.3 is 25.6 Å². The summed E-state index contributed by atoms with van der Waals surface area (Å²) in [6, 6.07) is 13.3. The number of alkyl halides is 3. The fraction of sp³-hybridized carbons (Fsp3) is 0.267. The first-order valence-corrected chi connectivity index (χ1v) is 14.2. The quantitative estimate of drug-likeness (QED) is 0.188. The van der Waals surface area contributed by atoms with Crippen LogP contribution in [0.4, 0.5) is 30.5 Å². The molecule has 1 aliphatic heterocycles. The lowest BCUT2D eigenvalue weighted by atomic mass is 10.0. The summed E-state index contributed by atoms with van der Waals surface area (Å²) in [7, 11) is 3.69. The van der Waals surface area contributed by atoms with Gasteiger partial charge in [0.05, 0.1) is 28.2 Å². The molecule has 1 atom stereocenters. The van der Waals surface area contributed by atoms with Gasteiger partial charge in [-0.25, -0.2) is 15.0 Å². The van der Waals surface area contributed by atoms with Gasteiger partial charge in [-0.15, -0.1) is 0 Å². The van der Waals surface area contributed by atoms with Crippen LogP contribution in [-0.2, 0) is 6.18 Å². The molecule has 43 heavy (non-hydrogen) atoms. The van der Waals surface area contributed by atoms with Gasteiger partial charge in [-0.05, 0) is 75.0 Å². The van der Waals surface area contributed by atoms with Crippen LogP contribution in [0.25, 0.3) is 11.3 Å². The molecule has 13 heteroatoms. The zero-order valence-corrected chi connectivity index (χ0v) is 25.2. The van der Waals surface area contributed by atoms with Crippen LogP contribution in [0.5, 0.6) is 11.6 Å². The summed E-state index contributed by atoms with van der Waals surface area (Å²) in [6.45, 7) is 3.55. The molecule has 2 aromatic carbocycles. The number of hydrogen-bond acceptors (Lipinski definition) is 8. The number of benzene rings is 2. The predicted molar refractivity (Wildman–Crippen MR) is 163 cm³/mol. The normalized spacial score (nSPS) is 17.0. The fourth-order valence-corrected chi connectivity index (χ4v) is 5.38. The van der Waals surface area contributed by atoms with Crippen LogP contribution in [0.2, 0.25) is 0 Å². The molecule has 0 unspecified atom stereocenters. The van der Waals surface area contributed by atoms with E-state index in [0.29, 0.717) is 33.9 Å². The van der Waals surface area contributed by atoms with E-state index in [9.17, 15) is 18.0 Å². The molecule has 1 aliphatic rings. The van der Waals surface area contributed by atoms with Crippen molar-refractivity contribution in [3.63, 3.8) is 0 Å². The van der Waals surface area contributed by atoms with E-state index >= 15 is 0 Å². The molecule has 2 aromatic heterocycles. The van der Waals surface area contributed by atoms with Crippen molar-refractivity contribution >= 4 is 39.2 Å². The zero-order chi connectivity index (χ0) is 30.8. The number of nitrogens with zero attached hydrogens (tertiary/aromatic N) is 4. The SMILES string of the molecule is CNc1nccc(-c2cccnc2Oc2cc(Br)cc(C(=O)Nc3cc(C(F)(F)F)ccc3N[C@@]3(C)CCN(C)C3)c2)n1. The van der Waals surface area contributed by atoms with Crippen LogP contribution >= 0.6 is 15.9 Å². The van der Waals surface area contributed by atoms with E-state index in [0.717, 1.165) is 25.1 Å². The number of carbonyl (C=O) groups is 1. The Morgan fingerprint density at radius 3 is 2.60 bits per heavy atom. The second kappa shape index (κ2) is 12.2. The monoisotopic (exact) mass is 655 g/mol. The van der Waals surface area contributed by atoms with Crippen molar-refractivity contribution in [3.05, 3.63) is 82.6 Å². The molecule has 0 bridgehead atoms. The van der Waals surface area contributed by atoms with Gasteiger partial charge in [0, 0.05) is 48.1 Å². The summed E-state index contributed by atoms with van der Waals surface area (Å²) in [4.78, 5) is 28.5. The summed E-state index contributed by atoms with van der Waals surface area (Å²) in [6.07, 6.45) is -0.612. The third-order valence-corrected chi connectivity index (χ3v) is 7.43. The molecule has 5 rings (SSSR count). The maximum atomic E-state index is 13.6. The summed E-state index contributed by atoms with van der Waals surface area (Å²) >= 11 is 3.41. The lowest BCUT2D eigenvalue weighted by Gasteiger charge is -2.28. The summed E-state index contributed by atoms with van der Waals surface area (Å²) in [5.74, 6) is 0.335. The van der Waals surface area contributed by atoms with E-state index in [-0.39, 0.29) is 28.4 Å². The number of pyridine rings is 1. The average molecular weight is 657 g/mol. The molecule has 9 nitrogen and oxygen atoms in total. The second-order valence-corrected chi connectivity index (χ2v) is 11.5. The molecular weight excluding hydrogens is 627 g/mol. The molecule has 1 saturated heterocycles. The molecule has 0 radical (unpaired) electrons. The van der Waals surface area contributed by atoms with Crippen LogP contribution in [-0.4, -0.2) is 58.5 Å². The predicted octanol–water partition coefficient (Wildman–Crippen LogP) is 6.91. The van der Waals surface area contributed by atoms with Gasteiger partial charge in [-0.1, -0.05) is 15.9 Å². The fourth-order valence-electron chi connectivity index (χ4n) is 4.91. The molecule has 224 valence electrons. The van der Waals surface area contributed by atoms with Crippen molar-refractivity contribution in [2.24, 2.45) is 0 Å².